The molecule has 1 aromatic carbocycles. The van der Waals surface area contributed by atoms with E-state index in [0.717, 1.165) is 12.8 Å². The quantitative estimate of drug-likeness (QED) is 0.910. The standard InChI is InChI=1S/C19H26N4O3/c1-4-22(5-2)18(24)14-7-6-10-23(12-14)19(25)21-15-8-9-17-16(11-15)20-13(3)26-17/h8-9,11,14H,4-7,10,12H2,1-3H3,(H,21,25)/t14-/m0/s1. The minimum atomic E-state index is -0.179. The Bertz CT molecular complexity index is 797. The summed E-state index contributed by atoms with van der Waals surface area (Å²) in [5.74, 6) is 0.624. The third-order valence-corrected chi connectivity index (χ3v) is 4.88. The molecule has 2 aromatic rings. The molecule has 0 bridgehead atoms. The number of carbonyl (C=O) groups is 2. The number of benzene rings is 1. The van der Waals surface area contributed by atoms with Crippen LogP contribution in [0.1, 0.15) is 32.6 Å². The summed E-state index contributed by atoms with van der Waals surface area (Å²) in [5.41, 5.74) is 2.09. The summed E-state index contributed by atoms with van der Waals surface area (Å²) < 4.78 is 5.45. The zero-order valence-corrected chi connectivity index (χ0v) is 15.6. The predicted molar refractivity (Wildman–Crippen MR) is 100.0 cm³/mol. The molecule has 1 aliphatic rings. The highest BCUT2D eigenvalue weighted by Crippen LogP contribution is 2.22. The molecule has 0 radical (unpaired) electrons. The van der Waals surface area contributed by atoms with Crippen molar-refractivity contribution in [1.82, 2.24) is 14.8 Å². The molecular weight excluding hydrogens is 332 g/mol. The average Bonchev–Trinajstić information content (AvgIpc) is 3.02. The lowest BCUT2D eigenvalue weighted by Crippen LogP contribution is -2.47. The van der Waals surface area contributed by atoms with E-state index in [1.54, 1.807) is 30.0 Å². The Labute approximate surface area is 153 Å². The number of nitrogens with zero attached hydrogens (tertiary/aromatic N) is 3. The minimum Gasteiger partial charge on any atom is -0.441 e. The number of aromatic nitrogens is 1. The van der Waals surface area contributed by atoms with Gasteiger partial charge in [0, 0.05) is 38.8 Å². The fraction of sp³-hybridized carbons (Fsp3) is 0.526. The third kappa shape index (κ3) is 3.81. The van der Waals surface area contributed by atoms with Crippen LogP contribution in [0, 0.1) is 12.8 Å². The highest BCUT2D eigenvalue weighted by Gasteiger charge is 2.30. The number of anilines is 1. The first kappa shape index (κ1) is 18.2. The van der Waals surface area contributed by atoms with Crippen molar-refractivity contribution in [2.75, 3.05) is 31.5 Å². The van der Waals surface area contributed by atoms with Crippen molar-refractivity contribution >= 4 is 28.7 Å². The Balaban J connectivity index is 1.65. The van der Waals surface area contributed by atoms with Crippen LogP contribution in [-0.2, 0) is 4.79 Å². The number of urea groups is 1. The molecule has 0 aliphatic carbocycles. The van der Waals surface area contributed by atoms with Gasteiger partial charge in [-0.25, -0.2) is 9.78 Å². The molecule has 26 heavy (non-hydrogen) atoms. The molecule has 1 aliphatic heterocycles. The summed E-state index contributed by atoms with van der Waals surface area (Å²) in [6.07, 6.45) is 1.68. The molecular formula is C19H26N4O3. The van der Waals surface area contributed by atoms with Gasteiger partial charge in [0.2, 0.25) is 5.91 Å². The Morgan fingerprint density at radius 1 is 1.35 bits per heavy atom. The maximum Gasteiger partial charge on any atom is 0.321 e. The first-order valence-electron chi connectivity index (χ1n) is 9.23. The second-order valence-electron chi connectivity index (χ2n) is 6.64. The number of hydrogen-bond donors (Lipinski definition) is 1. The monoisotopic (exact) mass is 358 g/mol. The number of nitrogens with one attached hydrogen (secondary N) is 1. The first-order chi connectivity index (χ1) is 12.5. The van der Waals surface area contributed by atoms with Crippen molar-refractivity contribution in [1.29, 1.82) is 0 Å². The summed E-state index contributed by atoms with van der Waals surface area (Å²) in [6, 6.07) is 5.22. The molecule has 0 saturated carbocycles. The van der Waals surface area contributed by atoms with Crippen LogP contribution in [0.5, 0.6) is 0 Å². The van der Waals surface area contributed by atoms with Crippen molar-refractivity contribution < 1.29 is 14.0 Å². The topological polar surface area (TPSA) is 78.7 Å². The van der Waals surface area contributed by atoms with Crippen LogP contribution in [0.25, 0.3) is 11.1 Å². The van der Waals surface area contributed by atoms with Crippen LogP contribution < -0.4 is 5.32 Å². The van der Waals surface area contributed by atoms with Crippen LogP contribution in [0.15, 0.2) is 22.6 Å². The van der Waals surface area contributed by atoms with Gasteiger partial charge in [0.15, 0.2) is 11.5 Å². The maximum absolute atomic E-state index is 12.6. The molecule has 7 nitrogen and oxygen atoms in total. The average molecular weight is 358 g/mol. The van der Waals surface area contributed by atoms with Gasteiger partial charge >= 0.3 is 6.03 Å². The summed E-state index contributed by atoms with van der Waals surface area (Å²) >= 11 is 0. The van der Waals surface area contributed by atoms with E-state index < -0.39 is 0 Å². The van der Waals surface area contributed by atoms with Gasteiger partial charge in [-0.05, 0) is 44.9 Å². The van der Waals surface area contributed by atoms with E-state index in [1.807, 2.05) is 18.7 Å². The fourth-order valence-electron chi connectivity index (χ4n) is 3.48. The van der Waals surface area contributed by atoms with E-state index in [0.29, 0.717) is 48.9 Å². The van der Waals surface area contributed by atoms with Crippen LogP contribution in [-0.4, -0.2) is 52.9 Å². The number of carbonyl (C=O) groups excluding carboxylic acids is 2. The van der Waals surface area contributed by atoms with Crippen molar-refractivity contribution in [2.24, 2.45) is 5.92 Å². The van der Waals surface area contributed by atoms with Gasteiger partial charge in [-0.15, -0.1) is 0 Å². The molecule has 1 aromatic heterocycles. The number of amides is 3. The van der Waals surface area contributed by atoms with E-state index in [2.05, 4.69) is 10.3 Å². The Morgan fingerprint density at radius 3 is 2.85 bits per heavy atom. The predicted octanol–water partition coefficient (Wildman–Crippen LogP) is 3.25. The second kappa shape index (κ2) is 7.76. The fourth-order valence-corrected chi connectivity index (χ4v) is 3.48. The normalized spacial score (nSPS) is 17.3. The molecule has 1 N–H and O–H groups in total. The number of likely N-dealkylation sites (tertiary alicyclic amines) is 1. The highest BCUT2D eigenvalue weighted by atomic mass is 16.3. The summed E-state index contributed by atoms with van der Waals surface area (Å²) in [4.78, 5) is 33.1. The van der Waals surface area contributed by atoms with Crippen molar-refractivity contribution in [3.8, 4) is 0 Å². The number of oxazole rings is 1. The van der Waals surface area contributed by atoms with Gasteiger partial charge in [0.1, 0.15) is 5.52 Å². The molecule has 140 valence electrons. The highest BCUT2D eigenvalue weighted by molar-refractivity contribution is 5.92. The lowest BCUT2D eigenvalue weighted by atomic mass is 9.96. The smallest absolute Gasteiger partial charge is 0.321 e. The van der Waals surface area contributed by atoms with Crippen molar-refractivity contribution in [2.45, 2.75) is 33.6 Å². The second-order valence-corrected chi connectivity index (χ2v) is 6.64. The molecule has 3 rings (SSSR count). The molecule has 0 unspecified atom stereocenters. The lowest BCUT2D eigenvalue weighted by molar-refractivity contribution is -0.136. The number of piperidine rings is 1. The Kier molecular flexibility index (Phi) is 5.44. The van der Waals surface area contributed by atoms with Crippen LogP contribution in [0.3, 0.4) is 0 Å². The summed E-state index contributed by atoms with van der Waals surface area (Å²) in [6.45, 7) is 8.29. The van der Waals surface area contributed by atoms with Gasteiger partial charge in [0.25, 0.3) is 0 Å². The van der Waals surface area contributed by atoms with Gasteiger partial charge < -0.3 is 19.5 Å². The Morgan fingerprint density at radius 2 is 2.12 bits per heavy atom. The Hall–Kier alpha value is -2.57. The van der Waals surface area contributed by atoms with Gasteiger partial charge in [-0.2, -0.15) is 0 Å². The maximum atomic E-state index is 12.6. The summed E-state index contributed by atoms with van der Waals surface area (Å²) in [7, 11) is 0. The number of aryl methyl sites for hydroxylation is 1. The van der Waals surface area contributed by atoms with Crippen molar-refractivity contribution in [3.05, 3.63) is 24.1 Å². The lowest BCUT2D eigenvalue weighted by Gasteiger charge is -2.34. The van der Waals surface area contributed by atoms with Crippen LogP contribution in [0.2, 0.25) is 0 Å². The minimum absolute atomic E-state index is 0.116. The molecule has 1 atom stereocenters. The number of fused-ring (bicyclic) bond motifs is 1. The van der Waals surface area contributed by atoms with E-state index >= 15 is 0 Å². The molecule has 1 saturated heterocycles. The first-order valence-corrected chi connectivity index (χ1v) is 9.23. The van der Waals surface area contributed by atoms with Crippen molar-refractivity contribution in [3.63, 3.8) is 0 Å². The van der Waals surface area contributed by atoms with E-state index in [1.165, 1.54) is 0 Å². The van der Waals surface area contributed by atoms with Crippen LogP contribution in [0.4, 0.5) is 10.5 Å². The molecule has 0 spiro atoms. The molecule has 7 heteroatoms. The van der Waals surface area contributed by atoms with E-state index in [9.17, 15) is 9.59 Å². The third-order valence-electron chi connectivity index (χ3n) is 4.88. The summed E-state index contributed by atoms with van der Waals surface area (Å²) in [5, 5.41) is 2.91. The van der Waals surface area contributed by atoms with E-state index in [4.69, 9.17) is 4.42 Å². The van der Waals surface area contributed by atoms with Gasteiger partial charge in [-0.3, -0.25) is 4.79 Å². The zero-order chi connectivity index (χ0) is 18.7. The number of hydrogen-bond acceptors (Lipinski definition) is 4. The largest absolute Gasteiger partial charge is 0.441 e. The molecule has 1 fully saturated rings. The number of rotatable bonds is 4. The zero-order valence-electron chi connectivity index (χ0n) is 15.6. The molecule has 3 amide bonds. The van der Waals surface area contributed by atoms with Gasteiger partial charge in [-0.1, -0.05) is 0 Å². The molecule has 2 heterocycles. The SMILES string of the molecule is CCN(CC)C(=O)[C@H]1CCCN(C(=O)Nc2ccc3oc(C)nc3c2)C1. The van der Waals surface area contributed by atoms with Gasteiger partial charge in [0.05, 0.1) is 5.92 Å². The van der Waals surface area contributed by atoms with Crippen LogP contribution >= 0.6 is 0 Å². The van der Waals surface area contributed by atoms with E-state index in [-0.39, 0.29) is 17.9 Å².